The zero-order chi connectivity index (χ0) is 18.2. The molecule has 0 aromatic carbocycles. The van der Waals surface area contributed by atoms with Gasteiger partial charge in [0.25, 0.3) is 0 Å². The molecule has 1 aromatic rings. The Balaban J connectivity index is 1.59. The summed E-state index contributed by atoms with van der Waals surface area (Å²) < 4.78 is 0. The molecular formula is C19H29N5O. The van der Waals surface area contributed by atoms with Crippen LogP contribution in [0.4, 0.5) is 0 Å². The van der Waals surface area contributed by atoms with Crippen LogP contribution in [0.15, 0.2) is 18.0 Å². The number of aromatic nitrogens is 2. The molecule has 6 N–H and O–H groups in total. The molecule has 2 aliphatic rings. The number of hydrogen-bond donors (Lipinski definition) is 4. The highest BCUT2D eigenvalue weighted by atomic mass is 16.1. The van der Waals surface area contributed by atoms with Crippen LogP contribution in [-0.2, 0) is 4.79 Å². The standard InChI is InChI=1S/C19H29N5O/c1-11-18(12(2)24-23-11)15(20)6-7-16(21)22-17(25)10-14(13-4-5-13)19(3)8-9-19/h6-7,13-14H,4-5,8-10,20-21H2,1-3H3,(H,22,25)(H,23,24)/b15-6-,16-7+. The van der Waals surface area contributed by atoms with Gasteiger partial charge in [0.2, 0.25) is 5.91 Å². The van der Waals surface area contributed by atoms with Crippen LogP contribution >= 0.6 is 0 Å². The van der Waals surface area contributed by atoms with Crippen molar-refractivity contribution < 1.29 is 4.79 Å². The van der Waals surface area contributed by atoms with E-state index < -0.39 is 0 Å². The molecule has 136 valence electrons. The number of aryl methyl sites for hydroxylation is 2. The molecule has 0 radical (unpaired) electrons. The first-order valence-electron chi connectivity index (χ1n) is 9.05. The second-order valence-corrected chi connectivity index (χ2v) is 7.90. The van der Waals surface area contributed by atoms with Crippen molar-refractivity contribution in [1.29, 1.82) is 0 Å². The van der Waals surface area contributed by atoms with Gasteiger partial charge in [-0.15, -0.1) is 0 Å². The van der Waals surface area contributed by atoms with E-state index >= 15 is 0 Å². The van der Waals surface area contributed by atoms with Gasteiger partial charge in [0.1, 0.15) is 5.82 Å². The average Bonchev–Trinajstić information content (AvgIpc) is 3.46. The van der Waals surface area contributed by atoms with Crippen molar-refractivity contribution in [3.05, 3.63) is 34.9 Å². The lowest BCUT2D eigenvalue weighted by atomic mass is 9.83. The Morgan fingerprint density at radius 3 is 2.56 bits per heavy atom. The lowest BCUT2D eigenvalue weighted by Gasteiger charge is -2.22. The van der Waals surface area contributed by atoms with E-state index in [9.17, 15) is 4.79 Å². The van der Waals surface area contributed by atoms with Gasteiger partial charge >= 0.3 is 0 Å². The third-order valence-electron chi connectivity index (χ3n) is 5.67. The molecule has 0 bridgehead atoms. The van der Waals surface area contributed by atoms with E-state index in [0.717, 1.165) is 22.9 Å². The van der Waals surface area contributed by atoms with Crippen molar-refractivity contribution in [2.45, 2.75) is 52.9 Å². The average molecular weight is 343 g/mol. The Morgan fingerprint density at radius 1 is 1.36 bits per heavy atom. The predicted octanol–water partition coefficient (Wildman–Crippen LogP) is 2.46. The largest absolute Gasteiger partial charge is 0.398 e. The van der Waals surface area contributed by atoms with Crippen LogP contribution in [-0.4, -0.2) is 16.1 Å². The van der Waals surface area contributed by atoms with E-state index in [1.807, 2.05) is 13.8 Å². The first-order chi connectivity index (χ1) is 11.8. The molecule has 0 saturated heterocycles. The molecular weight excluding hydrogens is 314 g/mol. The van der Waals surface area contributed by atoms with Gasteiger partial charge < -0.3 is 16.8 Å². The van der Waals surface area contributed by atoms with Crippen molar-refractivity contribution >= 4 is 11.6 Å². The molecule has 1 heterocycles. The third kappa shape index (κ3) is 4.06. The number of allylic oxidation sites excluding steroid dienone is 2. The molecule has 25 heavy (non-hydrogen) atoms. The minimum Gasteiger partial charge on any atom is -0.398 e. The number of aromatic amines is 1. The molecule has 0 aliphatic heterocycles. The summed E-state index contributed by atoms with van der Waals surface area (Å²) in [6.07, 6.45) is 8.94. The zero-order valence-electron chi connectivity index (χ0n) is 15.4. The summed E-state index contributed by atoms with van der Waals surface area (Å²) in [7, 11) is 0. The van der Waals surface area contributed by atoms with Crippen LogP contribution < -0.4 is 16.8 Å². The number of amides is 1. The van der Waals surface area contributed by atoms with E-state index in [-0.39, 0.29) is 5.91 Å². The first kappa shape index (κ1) is 17.6. The summed E-state index contributed by atoms with van der Waals surface area (Å²) in [5.74, 6) is 1.55. The smallest absolute Gasteiger partial charge is 0.225 e. The van der Waals surface area contributed by atoms with E-state index in [0.29, 0.717) is 29.3 Å². The summed E-state index contributed by atoms with van der Waals surface area (Å²) in [4.78, 5) is 12.4. The molecule has 2 aliphatic carbocycles. The summed E-state index contributed by atoms with van der Waals surface area (Å²) >= 11 is 0. The Hall–Kier alpha value is -2.24. The second kappa shape index (κ2) is 6.58. The van der Waals surface area contributed by atoms with Crippen LogP contribution in [0.2, 0.25) is 0 Å². The molecule has 3 rings (SSSR count). The summed E-state index contributed by atoms with van der Waals surface area (Å²) in [6, 6.07) is 0. The Labute approximate surface area is 149 Å². The summed E-state index contributed by atoms with van der Waals surface area (Å²) in [5, 5.41) is 9.83. The molecule has 6 heteroatoms. The van der Waals surface area contributed by atoms with Gasteiger partial charge in [-0.05, 0) is 68.9 Å². The van der Waals surface area contributed by atoms with Crippen molar-refractivity contribution in [2.75, 3.05) is 0 Å². The predicted molar refractivity (Wildman–Crippen MR) is 98.8 cm³/mol. The second-order valence-electron chi connectivity index (χ2n) is 7.90. The maximum absolute atomic E-state index is 12.4. The van der Waals surface area contributed by atoms with Crippen LogP contribution in [0.3, 0.4) is 0 Å². The Morgan fingerprint density at radius 2 is 2.04 bits per heavy atom. The lowest BCUT2D eigenvalue weighted by molar-refractivity contribution is -0.122. The number of nitrogens with zero attached hydrogens (tertiary/aromatic N) is 1. The van der Waals surface area contributed by atoms with Gasteiger partial charge in [-0.25, -0.2) is 0 Å². The van der Waals surface area contributed by atoms with Crippen LogP contribution in [0.25, 0.3) is 5.70 Å². The first-order valence-corrected chi connectivity index (χ1v) is 9.05. The minimum atomic E-state index is 0.00131. The van der Waals surface area contributed by atoms with Gasteiger partial charge in [0, 0.05) is 23.4 Å². The molecule has 1 atom stereocenters. The van der Waals surface area contributed by atoms with Gasteiger partial charge in [-0.1, -0.05) is 6.92 Å². The Kier molecular flexibility index (Phi) is 4.62. The summed E-state index contributed by atoms with van der Waals surface area (Å²) in [5.41, 5.74) is 15.6. The molecule has 2 fully saturated rings. The fourth-order valence-corrected chi connectivity index (χ4v) is 3.74. The molecule has 1 aromatic heterocycles. The van der Waals surface area contributed by atoms with Crippen molar-refractivity contribution in [3.63, 3.8) is 0 Å². The topological polar surface area (TPSA) is 110 Å². The highest BCUT2D eigenvalue weighted by Gasteiger charge is 2.51. The number of carbonyl (C=O) groups is 1. The molecule has 2 saturated carbocycles. The van der Waals surface area contributed by atoms with Crippen molar-refractivity contribution in [3.8, 4) is 0 Å². The van der Waals surface area contributed by atoms with E-state index in [1.54, 1.807) is 12.2 Å². The number of nitrogens with two attached hydrogens (primary N) is 2. The maximum Gasteiger partial charge on any atom is 0.225 e. The molecule has 1 amide bonds. The van der Waals surface area contributed by atoms with Crippen LogP contribution in [0.1, 0.15) is 56.0 Å². The number of carbonyl (C=O) groups excluding carboxylic acids is 1. The van der Waals surface area contributed by atoms with Crippen LogP contribution in [0, 0.1) is 31.1 Å². The molecule has 1 unspecified atom stereocenters. The number of hydrogen-bond acceptors (Lipinski definition) is 4. The van der Waals surface area contributed by atoms with Gasteiger partial charge in [-0.2, -0.15) is 5.10 Å². The SMILES string of the molecule is Cc1n[nH]c(C)c1/C(N)=C/C=C(\N)NC(=O)CC(C1CC1)C1(C)CC1. The monoisotopic (exact) mass is 343 g/mol. The van der Waals surface area contributed by atoms with E-state index in [4.69, 9.17) is 11.5 Å². The van der Waals surface area contributed by atoms with E-state index in [2.05, 4.69) is 22.4 Å². The fraction of sp³-hybridized carbons (Fsp3) is 0.579. The summed E-state index contributed by atoms with van der Waals surface area (Å²) in [6.45, 7) is 6.12. The van der Waals surface area contributed by atoms with Gasteiger partial charge in [0.05, 0.1) is 5.69 Å². The zero-order valence-corrected chi connectivity index (χ0v) is 15.4. The minimum absolute atomic E-state index is 0.00131. The number of nitrogens with one attached hydrogen (secondary N) is 2. The molecule has 6 nitrogen and oxygen atoms in total. The maximum atomic E-state index is 12.4. The van der Waals surface area contributed by atoms with Gasteiger partial charge in [0.15, 0.2) is 0 Å². The van der Waals surface area contributed by atoms with Crippen molar-refractivity contribution in [1.82, 2.24) is 15.5 Å². The third-order valence-corrected chi connectivity index (χ3v) is 5.67. The van der Waals surface area contributed by atoms with Crippen LogP contribution in [0.5, 0.6) is 0 Å². The normalized spacial score (nSPS) is 21.1. The highest BCUT2D eigenvalue weighted by Crippen LogP contribution is 2.59. The molecule has 0 spiro atoms. The van der Waals surface area contributed by atoms with Crippen molar-refractivity contribution in [2.24, 2.45) is 28.7 Å². The Bertz CT molecular complexity index is 703. The fourth-order valence-electron chi connectivity index (χ4n) is 3.74. The quantitative estimate of drug-likeness (QED) is 0.570. The number of H-pyrrole nitrogens is 1. The highest BCUT2D eigenvalue weighted by molar-refractivity contribution is 5.78. The number of rotatable bonds is 7. The van der Waals surface area contributed by atoms with Gasteiger partial charge in [-0.3, -0.25) is 9.89 Å². The lowest BCUT2D eigenvalue weighted by Crippen LogP contribution is -2.31. The van der Waals surface area contributed by atoms with E-state index in [1.165, 1.54) is 25.7 Å².